The molecule has 0 aliphatic rings. The number of carbonyl (C=O) groups excluding carboxylic acids is 2. The lowest BCUT2D eigenvalue weighted by atomic mass is 10.0. The van der Waals surface area contributed by atoms with Crippen LogP contribution in [-0.2, 0) is 22.6 Å². The van der Waals surface area contributed by atoms with Crippen LogP contribution in [0.1, 0.15) is 30.0 Å². The lowest BCUT2D eigenvalue weighted by Crippen LogP contribution is -2.51. The molecule has 0 radical (unpaired) electrons. The molecule has 0 aromatic heterocycles. The summed E-state index contributed by atoms with van der Waals surface area (Å²) in [5.41, 5.74) is 2.74. The summed E-state index contributed by atoms with van der Waals surface area (Å²) in [6.07, 6.45) is 1.15. The van der Waals surface area contributed by atoms with E-state index in [0.717, 1.165) is 17.5 Å². The van der Waals surface area contributed by atoms with Crippen molar-refractivity contribution >= 4 is 35.0 Å². The normalized spacial score (nSPS) is 11.5. The molecule has 3 aromatic rings. The molecule has 3 rings (SSSR count). The molecule has 0 saturated heterocycles. The number of halogens is 2. The first kappa shape index (κ1) is 26.6. The van der Waals surface area contributed by atoms with Gasteiger partial charge in [-0.3, -0.25) is 9.59 Å². The number of rotatable bonds is 11. The molecule has 2 amide bonds. The Morgan fingerprint density at radius 1 is 1.00 bits per heavy atom. The largest absolute Gasteiger partial charge is 0.484 e. The van der Waals surface area contributed by atoms with E-state index in [0.29, 0.717) is 34.3 Å². The number of nitrogens with one attached hydrogen (secondary N) is 1. The number of ether oxygens (including phenoxy) is 1. The van der Waals surface area contributed by atoms with Crippen LogP contribution in [0.5, 0.6) is 5.75 Å². The van der Waals surface area contributed by atoms with Crippen molar-refractivity contribution in [2.24, 2.45) is 0 Å². The van der Waals surface area contributed by atoms with Crippen molar-refractivity contribution in [1.29, 1.82) is 0 Å². The van der Waals surface area contributed by atoms with Gasteiger partial charge in [-0.1, -0.05) is 84.2 Å². The summed E-state index contributed by atoms with van der Waals surface area (Å²) in [6, 6.07) is 21.5. The molecule has 0 saturated carbocycles. The number of aryl methyl sites for hydroxylation is 1. The molecule has 5 nitrogen and oxygen atoms in total. The fraction of sp³-hybridized carbons (Fsp3) is 0.286. The third-order valence-electron chi connectivity index (χ3n) is 5.56. The average molecular weight is 513 g/mol. The van der Waals surface area contributed by atoms with Crippen molar-refractivity contribution in [3.05, 3.63) is 99.5 Å². The summed E-state index contributed by atoms with van der Waals surface area (Å²) < 4.78 is 5.78. The number of benzene rings is 3. The Morgan fingerprint density at radius 2 is 1.71 bits per heavy atom. The highest BCUT2D eigenvalue weighted by Crippen LogP contribution is 2.24. The maximum absolute atomic E-state index is 13.5. The van der Waals surface area contributed by atoms with E-state index in [4.69, 9.17) is 27.9 Å². The number of amides is 2. The summed E-state index contributed by atoms with van der Waals surface area (Å²) in [4.78, 5) is 28.4. The van der Waals surface area contributed by atoms with E-state index in [9.17, 15) is 9.59 Å². The van der Waals surface area contributed by atoms with Crippen molar-refractivity contribution in [3.8, 4) is 5.75 Å². The van der Waals surface area contributed by atoms with Gasteiger partial charge >= 0.3 is 0 Å². The Kier molecular flexibility index (Phi) is 10.0. The smallest absolute Gasteiger partial charge is 0.261 e. The summed E-state index contributed by atoms with van der Waals surface area (Å²) in [5.74, 6) is 0.0529. The van der Waals surface area contributed by atoms with Gasteiger partial charge in [-0.2, -0.15) is 0 Å². The minimum atomic E-state index is -0.746. The second-order valence-electron chi connectivity index (χ2n) is 8.36. The van der Waals surface area contributed by atoms with E-state index >= 15 is 0 Å². The Balaban J connectivity index is 1.91. The van der Waals surface area contributed by atoms with Crippen LogP contribution in [-0.4, -0.2) is 35.9 Å². The molecule has 0 unspecified atom stereocenters. The summed E-state index contributed by atoms with van der Waals surface area (Å²) >= 11 is 12.5. The van der Waals surface area contributed by atoms with Crippen molar-refractivity contribution in [2.45, 2.75) is 39.3 Å². The molecule has 0 heterocycles. The van der Waals surface area contributed by atoms with Crippen molar-refractivity contribution in [2.75, 3.05) is 13.2 Å². The first-order valence-corrected chi connectivity index (χ1v) is 12.4. The molecule has 35 heavy (non-hydrogen) atoms. The topological polar surface area (TPSA) is 58.6 Å². The number of hydrogen-bond acceptors (Lipinski definition) is 3. The highest BCUT2D eigenvalue weighted by atomic mass is 35.5. The van der Waals surface area contributed by atoms with E-state index in [1.165, 1.54) is 0 Å². The van der Waals surface area contributed by atoms with E-state index in [-0.39, 0.29) is 25.0 Å². The van der Waals surface area contributed by atoms with Crippen LogP contribution >= 0.6 is 23.2 Å². The molecule has 3 aromatic carbocycles. The van der Waals surface area contributed by atoms with Gasteiger partial charge in [0.15, 0.2) is 6.61 Å². The van der Waals surface area contributed by atoms with Crippen LogP contribution in [0.15, 0.2) is 72.8 Å². The van der Waals surface area contributed by atoms with Gasteiger partial charge in [0.25, 0.3) is 5.91 Å². The van der Waals surface area contributed by atoms with E-state index < -0.39 is 6.04 Å². The minimum Gasteiger partial charge on any atom is -0.484 e. The Morgan fingerprint density at radius 3 is 2.37 bits per heavy atom. The van der Waals surface area contributed by atoms with Crippen LogP contribution in [0.25, 0.3) is 0 Å². The van der Waals surface area contributed by atoms with Crippen LogP contribution in [0.2, 0.25) is 10.0 Å². The molecular weight excluding hydrogens is 483 g/mol. The van der Waals surface area contributed by atoms with Crippen LogP contribution in [0.4, 0.5) is 0 Å². The highest BCUT2D eigenvalue weighted by molar-refractivity contribution is 6.35. The Bertz CT molecular complexity index is 1120. The Labute approximate surface area is 217 Å². The predicted octanol–water partition coefficient (Wildman–Crippen LogP) is 5.85. The summed E-state index contributed by atoms with van der Waals surface area (Å²) in [5, 5.41) is 3.88. The van der Waals surface area contributed by atoms with Gasteiger partial charge in [-0.05, 0) is 48.7 Å². The molecule has 1 N–H and O–H groups in total. The third-order valence-corrected chi connectivity index (χ3v) is 6.15. The van der Waals surface area contributed by atoms with E-state index in [1.807, 2.05) is 68.4 Å². The molecule has 7 heteroatoms. The number of hydrogen-bond donors (Lipinski definition) is 1. The van der Waals surface area contributed by atoms with E-state index in [2.05, 4.69) is 5.32 Å². The molecule has 184 valence electrons. The minimum absolute atomic E-state index is 0.142. The number of carbonyl (C=O) groups is 2. The first-order chi connectivity index (χ1) is 16.9. The van der Waals surface area contributed by atoms with Crippen molar-refractivity contribution in [1.82, 2.24) is 10.2 Å². The zero-order valence-electron chi connectivity index (χ0n) is 20.0. The predicted molar refractivity (Wildman–Crippen MR) is 141 cm³/mol. The van der Waals surface area contributed by atoms with Gasteiger partial charge in [0, 0.05) is 29.6 Å². The fourth-order valence-electron chi connectivity index (χ4n) is 3.62. The summed E-state index contributed by atoms with van der Waals surface area (Å²) in [6.45, 7) is 4.42. The maximum atomic E-state index is 13.5. The highest BCUT2D eigenvalue weighted by Gasteiger charge is 2.31. The monoisotopic (exact) mass is 512 g/mol. The average Bonchev–Trinajstić information content (AvgIpc) is 2.86. The van der Waals surface area contributed by atoms with Crippen molar-refractivity contribution < 1.29 is 14.3 Å². The molecule has 0 aliphatic heterocycles. The van der Waals surface area contributed by atoms with Gasteiger partial charge in [0.2, 0.25) is 5.91 Å². The van der Waals surface area contributed by atoms with Crippen LogP contribution in [0.3, 0.4) is 0 Å². The second kappa shape index (κ2) is 13.2. The molecule has 0 fully saturated rings. The molecular formula is C28H30Cl2N2O3. The standard InChI is InChI=1S/C28H30Cl2N2O3/c1-3-15-31-28(34)26(16-21-7-5-4-6-8-21)32(18-22-11-12-23(29)17-25(22)30)27(33)19-35-24-13-9-20(2)10-14-24/h4-14,17,26H,3,15-16,18-19H2,1-2H3,(H,31,34)/t26-/m1/s1. The molecule has 1 atom stereocenters. The molecule has 0 aliphatic carbocycles. The third kappa shape index (κ3) is 8.01. The lowest BCUT2D eigenvalue weighted by Gasteiger charge is -2.31. The van der Waals surface area contributed by atoms with Gasteiger partial charge in [-0.25, -0.2) is 0 Å². The summed E-state index contributed by atoms with van der Waals surface area (Å²) in [7, 11) is 0. The first-order valence-electron chi connectivity index (χ1n) is 11.6. The van der Waals surface area contributed by atoms with Gasteiger partial charge in [-0.15, -0.1) is 0 Å². The quantitative estimate of drug-likeness (QED) is 0.350. The van der Waals surface area contributed by atoms with Crippen LogP contribution < -0.4 is 10.1 Å². The Hall–Kier alpha value is -3.02. The van der Waals surface area contributed by atoms with Gasteiger partial charge < -0.3 is 15.0 Å². The fourth-order valence-corrected chi connectivity index (χ4v) is 4.08. The molecule has 0 bridgehead atoms. The van der Waals surface area contributed by atoms with Crippen molar-refractivity contribution in [3.63, 3.8) is 0 Å². The molecule has 0 spiro atoms. The number of nitrogens with zero attached hydrogens (tertiary/aromatic N) is 1. The SMILES string of the molecule is CCCNC(=O)[C@@H](Cc1ccccc1)N(Cc1ccc(Cl)cc1Cl)C(=O)COc1ccc(C)cc1. The van der Waals surface area contributed by atoms with Gasteiger partial charge in [0.05, 0.1) is 0 Å². The zero-order valence-corrected chi connectivity index (χ0v) is 21.5. The van der Waals surface area contributed by atoms with E-state index in [1.54, 1.807) is 23.1 Å². The maximum Gasteiger partial charge on any atom is 0.261 e. The zero-order chi connectivity index (χ0) is 25.2. The van der Waals surface area contributed by atoms with Crippen LogP contribution in [0, 0.1) is 6.92 Å². The second-order valence-corrected chi connectivity index (χ2v) is 9.20. The lowest BCUT2D eigenvalue weighted by molar-refractivity contribution is -0.142. The van der Waals surface area contributed by atoms with Gasteiger partial charge in [0.1, 0.15) is 11.8 Å².